The van der Waals surface area contributed by atoms with E-state index in [0.717, 1.165) is 11.3 Å². The largest absolute Gasteiger partial charge is 0.370 e. The van der Waals surface area contributed by atoms with Gasteiger partial charge in [-0.05, 0) is 24.6 Å². The van der Waals surface area contributed by atoms with E-state index in [-0.39, 0.29) is 17.6 Å². The average Bonchev–Trinajstić information content (AvgIpc) is 3.04. The van der Waals surface area contributed by atoms with Crippen molar-refractivity contribution < 1.29 is 9.53 Å². The number of aryl methyl sites for hydroxylation is 1. The van der Waals surface area contributed by atoms with E-state index in [1.54, 1.807) is 23.1 Å². The number of ether oxygens (including phenoxy) is 1. The van der Waals surface area contributed by atoms with Crippen LogP contribution >= 0.6 is 11.6 Å². The molecule has 0 unspecified atom stereocenters. The molecule has 0 radical (unpaired) electrons. The standard InChI is InChI=1S/C18H17ClN4O3/c1-11-8-16-20-9-14(18(25)23(16)21-11)17(24)22-6-7-26-15(10-22)12-2-4-13(19)5-3-12/h2-5,8-9,15,21H,6-7,10H2,1H3/t15-/m0/s1. The number of benzene rings is 1. The molecule has 0 aliphatic carbocycles. The number of nitrogens with one attached hydrogen (secondary N) is 1. The van der Waals surface area contributed by atoms with Gasteiger partial charge in [-0.3, -0.25) is 14.7 Å². The molecule has 1 amide bonds. The van der Waals surface area contributed by atoms with Crippen LogP contribution in [0, 0.1) is 6.92 Å². The SMILES string of the molecule is Cc1cc2ncc(C(=O)N3CCO[C@H](c4ccc(Cl)cc4)C3)c(=O)n2[nH]1. The Morgan fingerprint density at radius 1 is 1.35 bits per heavy atom. The first kappa shape index (κ1) is 16.8. The molecule has 1 atom stereocenters. The van der Waals surface area contributed by atoms with E-state index in [4.69, 9.17) is 16.3 Å². The van der Waals surface area contributed by atoms with Gasteiger partial charge in [0, 0.05) is 29.5 Å². The van der Waals surface area contributed by atoms with Crippen molar-refractivity contribution in [1.82, 2.24) is 19.5 Å². The summed E-state index contributed by atoms with van der Waals surface area (Å²) in [5, 5.41) is 3.54. The normalized spacial score (nSPS) is 17.6. The second-order valence-electron chi connectivity index (χ2n) is 6.27. The van der Waals surface area contributed by atoms with Gasteiger partial charge in [0.1, 0.15) is 11.7 Å². The van der Waals surface area contributed by atoms with E-state index in [1.165, 1.54) is 10.7 Å². The van der Waals surface area contributed by atoms with Gasteiger partial charge < -0.3 is 9.64 Å². The number of carbonyl (C=O) groups excluding carboxylic acids is 1. The number of morpholine rings is 1. The number of aromatic amines is 1. The lowest BCUT2D eigenvalue weighted by Gasteiger charge is -2.33. The number of nitrogens with zero attached hydrogens (tertiary/aromatic N) is 3. The summed E-state index contributed by atoms with van der Waals surface area (Å²) >= 11 is 5.92. The third-order valence-electron chi connectivity index (χ3n) is 4.45. The fourth-order valence-corrected chi connectivity index (χ4v) is 3.24. The molecular weight excluding hydrogens is 356 g/mol. The summed E-state index contributed by atoms with van der Waals surface area (Å²) in [6.07, 6.45) is 1.09. The molecule has 8 heteroatoms. The molecule has 0 spiro atoms. The number of rotatable bonds is 2. The summed E-state index contributed by atoms with van der Waals surface area (Å²) in [5.74, 6) is -0.341. The molecule has 1 aliphatic heterocycles. The second-order valence-corrected chi connectivity index (χ2v) is 6.71. The van der Waals surface area contributed by atoms with Crippen LogP contribution in [-0.2, 0) is 4.74 Å². The molecule has 1 N–H and O–H groups in total. The van der Waals surface area contributed by atoms with Gasteiger partial charge in [-0.2, -0.15) is 0 Å². The first-order valence-corrected chi connectivity index (χ1v) is 8.64. The molecule has 1 saturated heterocycles. The predicted octanol–water partition coefficient (Wildman–Crippen LogP) is 2.20. The van der Waals surface area contributed by atoms with Crippen molar-refractivity contribution in [1.29, 1.82) is 0 Å². The maximum absolute atomic E-state index is 12.9. The molecule has 2 aromatic heterocycles. The fourth-order valence-electron chi connectivity index (χ4n) is 3.11. The van der Waals surface area contributed by atoms with Gasteiger partial charge in [0.05, 0.1) is 13.2 Å². The van der Waals surface area contributed by atoms with Gasteiger partial charge in [-0.25, -0.2) is 9.50 Å². The molecule has 134 valence electrons. The number of fused-ring (bicyclic) bond motifs is 1. The Balaban J connectivity index is 1.60. The minimum atomic E-state index is -0.400. The highest BCUT2D eigenvalue weighted by Crippen LogP contribution is 2.24. The summed E-state index contributed by atoms with van der Waals surface area (Å²) in [4.78, 5) is 31.3. The monoisotopic (exact) mass is 372 g/mol. The zero-order chi connectivity index (χ0) is 18.3. The van der Waals surface area contributed by atoms with E-state index >= 15 is 0 Å². The Kier molecular flexibility index (Phi) is 4.26. The summed E-state index contributed by atoms with van der Waals surface area (Å²) in [5.41, 5.74) is 1.87. The lowest BCUT2D eigenvalue weighted by Crippen LogP contribution is -2.44. The van der Waals surface area contributed by atoms with Crippen LogP contribution in [0.25, 0.3) is 5.65 Å². The zero-order valence-corrected chi connectivity index (χ0v) is 14.9. The van der Waals surface area contributed by atoms with E-state index < -0.39 is 5.56 Å². The van der Waals surface area contributed by atoms with Gasteiger partial charge in [0.15, 0.2) is 5.65 Å². The predicted molar refractivity (Wildman–Crippen MR) is 96.6 cm³/mol. The van der Waals surface area contributed by atoms with Crippen LogP contribution in [0.15, 0.2) is 41.3 Å². The molecule has 0 bridgehead atoms. The molecule has 3 aromatic rings. The van der Waals surface area contributed by atoms with Gasteiger partial charge in [0.25, 0.3) is 11.5 Å². The molecule has 26 heavy (non-hydrogen) atoms. The number of H-pyrrole nitrogens is 1. The molecule has 1 aromatic carbocycles. The highest BCUT2D eigenvalue weighted by molar-refractivity contribution is 6.30. The Morgan fingerprint density at radius 2 is 2.12 bits per heavy atom. The third kappa shape index (κ3) is 3.00. The van der Waals surface area contributed by atoms with E-state index in [2.05, 4.69) is 10.1 Å². The van der Waals surface area contributed by atoms with Gasteiger partial charge in [0.2, 0.25) is 0 Å². The molecule has 3 heterocycles. The van der Waals surface area contributed by atoms with Gasteiger partial charge in [-0.15, -0.1) is 0 Å². The summed E-state index contributed by atoms with van der Waals surface area (Å²) < 4.78 is 7.07. The quantitative estimate of drug-likeness (QED) is 0.747. The zero-order valence-electron chi connectivity index (χ0n) is 14.1. The van der Waals surface area contributed by atoms with Crippen molar-refractivity contribution in [2.24, 2.45) is 0 Å². The summed E-state index contributed by atoms with van der Waals surface area (Å²) in [7, 11) is 0. The topological polar surface area (TPSA) is 79.7 Å². The van der Waals surface area contributed by atoms with Crippen LogP contribution in [0.5, 0.6) is 0 Å². The highest BCUT2D eigenvalue weighted by Gasteiger charge is 2.28. The van der Waals surface area contributed by atoms with Crippen LogP contribution in [0.1, 0.15) is 27.7 Å². The average molecular weight is 373 g/mol. The van der Waals surface area contributed by atoms with Gasteiger partial charge >= 0.3 is 0 Å². The molecule has 1 aliphatic rings. The number of amides is 1. The van der Waals surface area contributed by atoms with Crippen molar-refractivity contribution in [2.75, 3.05) is 19.7 Å². The Labute approximate surface area is 154 Å². The number of hydrogen-bond donors (Lipinski definition) is 1. The smallest absolute Gasteiger partial charge is 0.285 e. The first-order chi connectivity index (χ1) is 12.5. The maximum Gasteiger partial charge on any atom is 0.285 e. The molecule has 4 rings (SSSR count). The van der Waals surface area contributed by atoms with Crippen LogP contribution < -0.4 is 5.56 Å². The Morgan fingerprint density at radius 3 is 2.88 bits per heavy atom. The number of carbonyl (C=O) groups is 1. The van der Waals surface area contributed by atoms with Gasteiger partial charge in [-0.1, -0.05) is 23.7 Å². The Hall–Kier alpha value is -2.64. The maximum atomic E-state index is 12.9. The number of hydrogen-bond acceptors (Lipinski definition) is 4. The van der Waals surface area contributed by atoms with Crippen molar-refractivity contribution in [3.8, 4) is 0 Å². The molecule has 0 saturated carbocycles. The summed E-state index contributed by atoms with van der Waals surface area (Å²) in [6.45, 7) is 3.02. The highest BCUT2D eigenvalue weighted by atomic mass is 35.5. The van der Waals surface area contributed by atoms with E-state index in [0.29, 0.717) is 30.4 Å². The molecule has 1 fully saturated rings. The van der Waals surface area contributed by atoms with Crippen LogP contribution in [-0.4, -0.2) is 45.1 Å². The second kappa shape index (κ2) is 6.59. The van der Waals surface area contributed by atoms with Crippen molar-refractivity contribution >= 4 is 23.2 Å². The van der Waals surface area contributed by atoms with Crippen molar-refractivity contribution in [2.45, 2.75) is 13.0 Å². The number of halogens is 1. The van der Waals surface area contributed by atoms with E-state index in [1.807, 2.05) is 19.1 Å². The fraction of sp³-hybridized carbons (Fsp3) is 0.278. The Bertz CT molecular complexity index is 1030. The minimum absolute atomic E-state index is 0.0427. The third-order valence-corrected chi connectivity index (χ3v) is 4.70. The first-order valence-electron chi connectivity index (χ1n) is 8.26. The van der Waals surface area contributed by atoms with Crippen LogP contribution in [0.2, 0.25) is 5.02 Å². The van der Waals surface area contributed by atoms with Crippen LogP contribution in [0.4, 0.5) is 0 Å². The van der Waals surface area contributed by atoms with E-state index in [9.17, 15) is 9.59 Å². The molecule has 7 nitrogen and oxygen atoms in total. The minimum Gasteiger partial charge on any atom is -0.370 e. The van der Waals surface area contributed by atoms with Crippen LogP contribution in [0.3, 0.4) is 0 Å². The lowest BCUT2D eigenvalue weighted by atomic mass is 10.1. The summed E-state index contributed by atoms with van der Waals surface area (Å²) in [6, 6.07) is 9.09. The molecular formula is C18H17ClN4O3. The van der Waals surface area contributed by atoms with Crippen molar-refractivity contribution in [3.63, 3.8) is 0 Å². The number of aromatic nitrogens is 3. The van der Waals surface area contributed by atoms with Crippen molar-refractivity contribution in [3.05, 3.63) is 68.7 Å². The lowest BCUT2D eigenvalue weighted by molar-refractivity contribution is -0.0229.